The van der Waals surface area contributed by atoms with Gasteiger partial charge in [-0.05, 0) is 18.2 Å². The second kappa shape index (κ2) is 6.89. The second-order valence-electron chi connectivity index (χ2n) is 4.71. The Kier molecular flexibility index (Phi) is 4.69. The number of nitrogens with zero attached hydrogens (tertiary/aromatic N) is 1. The van der Waals surface area contributed by atoms with Crippen LogP contribution in [0.15, 0.2) is 53.9 Å². The molecule has 0 saturated heterocycles. The lowest BCUT2D eigenvalue weighted by atomic mass is 10.2. The summed E-state index contributed by atoms with van der Waals surface area (Å²) in [4.78, 5) is 16.3. The van der Waals surface area contributed by atoms with Crippen molar-refractivity contribution in [3.63, 3.8) is 0 Å². The average Bonchev–Trinajstić information content (AvgIpc) is 3.02. The molecule has 23 heavy (non-hydrogen) atoms. The molecule has 0 saturated carbocycles. The fourth-order valence-electron chi connectivity index (χ4n) is 1.96. The zero-order valence-corrected chi connectivity index (χ0v) is 13.4. The topological polar surface area (TPSA) is 39.2 Å². The predicted molar refractivity (Wildman–Crippen MR) is 88.1 cm³/mol. The molecule has 0 aliphatic heterocycles. The molecule has 0 atom stereocenters. The standard InChI is InChI=1S/C17H11ClFNO2S/c18-12-6-7-14(15(19)8-12)17(21)22-9-13-10-23-16(20-13)11-4-2-1-3-5-11/h1-8,10H,9H2. The van der Waals surface area contributed by atoms with Crippen molar-refractivity contribution in [2.24, 2.45) is 0 Å². The third-order valence-electron chi connectivity index (χ3n) is 3.07. The fraction of sp³-hybridized carbons (Fsp3) is 0.0588. The van der Waals surface area contributed by atoms with Crippen LogP contribution in [0, 0.1) is 5.82 Å². The van der Waals surface area contributed by atoms with Crippen molar-refractivity contribution in [2.45, 2.75) is 6.61 Å². The van der Waals surface area contributed by atoms with E-state index < -0.39 is 11.8 Å². The molecule has 0 aliphatic carbocycles. The van der Waals surface area contributed by atoms with E-state index >= 15 is 0 Å². The summed E-state index contributed by atoms with van der Waals surface area (Å²) in [6.45, 7) is -0.00969. The van der Waals surface area contributed by atoms with E-state index in [1.807, 2.05) is 35.7 Å². The van der Waals surface area contributed by atoms with Gasteiger partial charge in [-0.3, -0.25) is 0 Å². The van der Waals surface area contributed by atoms with Crippen LogP contribution in [0.5, 0.6) is 0 Å². The molecular weight excluding hydrogens is 337 g/mol. The van der Waals surface area contributed by atoms with Crippen molar-refractivity contribution in [3.8, 4) is 10.6 Å². The van der Waals surface area contributed by atoms with Crippen LogP contribution >= 0.6 is 22.9 Å². The number of hydrogen-bond donors (Lipinski definition) is 0. The first-order chi connectivity index (χ1) is 11.1. The molecule has 116 valence electrons. The van der Waals surface area contributed by atoms with Gasteiger partial charge in [-0.25, -0.2) is 14.2 Å². The molecule has 0 unspecified atom stereocenters. The highest BCUT2D eigenvalue weighted by atomic mass is 35.5. The maximum atomic E-state index is 13.7. The van der Waals surface area contributed by atoms with E-state index in [1.165, 1.54) is 23.5 Å². The number of esters is 1. The lowest BCUT2D eigenvalue weighted by molar-refractivity contribution is 0.0463. The highest BCUT2D eigenvalue weighted by Gasteiger charge is 2.14. The van der Waals surface area contributed by atoms with Gasteiger partial charge in [0.15, 0.2) is 0 Å². The minimum absolute atomic E-state index is 0.00969. The van der Waals surface area contributed by atoms with Crippen molar-refractivity contribution in [2.75, 3.05) is 0 Å². The summed E-state index contributed by atoms with van der Waals surface area (Å²) in [5.74, 6) is -1.45. The van der Waals surface area contributed by atoms with E-state index in [2.05, 4.69) is 4.98 Å². The summed E-state index contributed by atoms with van der Waals surface area (Å²) >= 11 is 7.12. The Labute approximate surface area is 141 Å². The van der Waals surface area contributed by atoms with Gasteiger partial charge in [-0.1, -0.05) is 41.9 Å². The van der Waals surface area contributed by atoms with Crippen LogP contribution in [0.3, 0.4) is 0 Å². The zero-order valence-electron chi connectivity index (χ0n) is 11.8. The second-order valence-corrected chi connectivity index (χ2v) is 6.00. The van der Waals surface area contributed by atoms with E-state index in [0.717, 1.165) is 16.6 Å². The van der Waals surface area contributed by atoms with Crippen molar-refractivity contribution < 1.29 is 13.9 Å². The molecule has 0 fully saturated rings. The van der Waals surface area contributed by atoms with Gasteiger partial charge in [-0.2, -0.15) is 0 Å². The van der Waals surface area contributed by atoms with Gasteiger partial charge in [0.05, 0.1) is 11.3 Å². The molecule has 0 N–H and O–H groups in total. The number of ether oxygens (including phenoxy) is 1. The van der Waals surface area contributed by atoms with Crippen molar-refractivity contribution in [3.05, 3.63) is 76.0 Å². The van der Waals surface area contributed by atoms with Gasteiger partial charge in [0.1, 0.15) is 17.4 Å². The van der Waals surface area contributed by atoms with Crippen LogP contribution in [0.1, 0.15) is 16.1 Å². The first-order valence-electron chi connectivity index (χ1n) is 6.75. The molecule has 0 amide bonds. The van der Waals surface area contributed by atoms with Crippen LogP contribution in [0.25, 0.3) is 10.6 Å². The zero-order chi connectivity index (χ0) is 16.2. The van der Waals surface area contributed by atoms with E-state index in [4.69, 9.17) is 16.3 Å². The van der Waals surface area contributed by atoms with Crippen LogP contribution in [-0.4, -0.2) is 11.0 Å². The largest absolute Gasteiger partial charge is 0.455 e. The lowest BCUT2D eigenvalue weighted by Crippen LogP contribution is -2.07. The van der Waals surface area contributed by atoms with Gasteiger partial charge in [0.25, 0.3) is 0 Å². The minimum atomic E-state index is -0.742. The van der Waals surface area contributed by atoms with Crippen LogP contribution < -0.4 is 0 Å². The summed E-state index contributed by atoms with van der Waals surface area (Å²) in [5, 5.41) is 2.88. The van der Waals surface area contributed by atoms with Crippen LogP contribution in [0.2, 0.25) is 5.02 Å². The molecule has 0 bridgehead atoms. The van der Waals surface area contributed by atoms with Gasteiger partial charge in [0.2, 0.25) is 0 Å². The molecule has 3 nitrogen and oxygen atoms in total. The number of thiazole rings is 1. The maximum absolute atomic E-state index is 13.7. The van der Waals surface area contributed by atoms with E-state index in [9.17, 15) is 9.18 Å². The lowest BCUT2D eigenvalue weighted by Gasteiger charge is -2.04. The average molecular weight is 348 g/mol. The van der Waals surface area contributed by atoms with Crippen molar-refractivity contribution in [1.82, 2.24) is 4.98 Å². The van der Waals surface area contributed by atoms with Crippen LogP contribution in [-0.2, 0) is 11.3 Å². The normalized spacial score (nSPS) is 10.5. The van der Waals surface area contributed by atoms with Crippen molar-refractivity contribution >= 4 is 28.9 Å². The first kappa shape index (κ1) is 15.6. The molecule has 6 heteroatoms. The Morgan fingerprint density at radius 2 is 2.00 bits per heavy atom. The smallest absolute Gasteiger partial charge is 0.341 e. The van der Waals surface area contributed by atoms with Gasteiger partial charge >= 0.3 is 5.97 Å². The van der Waals surface area contributed by atoms with E-state index in [0.29, 0.717) is 5.69 Å². The van der Waals surface area contributed by atoms with Gasteiger partial charge in [0, 0.05) is 16.0 Å². The third-order valence-corrected chi connectivity index (χ3v) is 4.25. The highest BCUT2D eigenvalue weighted by Crippen LogP contribution is 2.24. The summed E-state index contributed by atoms with van der Waals surface area (Å²) in [6, 6.07) is 13.5. The number of hydrogen-bond acceptors (Lipinski definition) is 4. The first-order valence-corrected chi connectivity index (χ1v) is 8.01. The summed E-state index contributed by atoms with van der Waals surface area (Å²) < 4.78 is 18.8. The molecule has 1 aromatic heterocycles. The minimum Gasteiger partial charge on any atom is -0.455 e. The third kappa shape index (κ3) is 3.75. The fourth-order valence-corrected chi connectivity index (χ4v) is 2.93. The molecule has 0 spiro atoms. The monoisotopic (exact) mass is 347 g/mol. The molecule has 2 aromatic carbocycles. The Bertz CT molecular complexity index is 836. The number of rotatable bonds is 4. The molecule has 0 aliphatic rings. The summed E-state index contributed by atoms with van der Waals surface area (Å²) in [7, 11) is 0. The van der Waals surface area contributed by atoms with Gasteiger partial charge < -0.3 is 4.74 Å². The summed E-state index contributed by atoms with van der Waals surface area (Å²) in [5.41, 5.74) is 1.48. The Morgan fingerprint density at radius 1 is 1.22 bits per heavy atom. The van der Waals surface area contributed by atoms with E-state index in [1.54, 1.807) is 0 Å². The van der Waals surface area contributed by atoms with Crippen molar-refractivity contribution in [1.29, 1.82) is 0 Å². The van der Waals surface area contributed by atoms with Crippen LogP contribution in [0.4, 0.5) is 4.39 Å². The number of benzene rings is 2. The SMILES string of the molecule is O=C(OCc1csc(-c2ccccc2)n1)c1ccc(Cl)cc1F. The summed E-state index contributed by atoms with van der Waals surface area (Å²) in [6.07, 6.45) is 0. The Balaban J connectivity index is 1.67. The molecule has 3 aromatic rings. The molecular formula is C17H11ClFNO2S. The Hall–Kier alpha value is -2.24. The number of carbonyl (C=O) groups excluding carboxylic acids is 1. The molecule has 3 rings (SSSR count). The highest BCUT2D eigenvalue weighted by molar-refractivity contribution is 7.13. The maximum Gasteiger partial charge on any atom is 0.341 e. The van der Waals surface area contributed by atoms with E-state index in [-0.39, 0.29) is 17.2 Å². The number of carbonyl (C=O) groups is 1. The quantitative estimate of drug-likeness (QED) is 0.626. The molecule has 1 heterocycles. The Morgan fingerprint density at radius 3 is 2.74 bits per heavy atom. The number of aromatic nitrogens is 1. The number of halogens is 2. The molecule has 0 radical (unpaired) electrons. The predicted octanol–water partition coefficient (Wildman–Crippen LogP) is 4.96. The van der Waals surface area contributed by atoms with Gasteiger partial charge in [-0.15, -0.1) is 11.3 Å².